The molecule has 19 nitrogen and oxygen atoms in total. The molecule has 364 valence electrons. The molecule has 2 aromatic rings. The van der Waals surface area contributed by atoms with Gasteiger partial charge in [0.15, 0.2) is 12.9 Å². The maximum absolute atomic E-state index is 14.3. The number of nitrogens with zero attached hydrogens (tertiary/aromatic N) is 3. The van der Waals surface area contributed by atoms with E-state index < -0.39 is 62.6 Å². The van der Waals surface area contributed by atoms with Crippen molar-refractivity contribution in [3.05, 3.63) is 39.8 Å². The molecular formula is C43H67N6O13PS2. The third-order valence-corrected chi connectivity index (χ3v) is 13.1. The molecule has 0 bridgehead atoms. The molecular weight excluding hydrogens is 904 g/mol. The number of carboxylic acids is 1. The molecule has 22 heteroatoms. The number of rotatable bonds is 26. The van der Waals surface area contributed by atoms with Crippen LogP contribution in [0.3, 0.4) is 0 Å². The van der Waals surface area contributed by atoms with Gasteiger partial charge in [-0.2, -0.15) is 12.6 Å². The number of thiazole rings is 1. The van der Waals surface area contributed by atoms with E-state index in [0.29, 0.717) is 35.6 Å². The molecule has 1 aromatic carbocycles. The van der Waals surface area contributed by atoms with Crippen molar-refractivity contribution in [1.82, 2.24) is 25.4 Å². The Balaban J connectivity index is 1.88. The van der Waals surface area contributed by atoms with E-state index in [1.54, 1.807) is 24.1 Å². The number of phosphoric acid groups is 1. The van der Waals surface area contributed by atoms with E-state index in [0.717, 1.165) is 30.7 Å². The Bertz CT molecular complexity index is 1980. The van der Waals surface area contributed by atoms with Crippen molar-refractivity contribution in [2.24, 2.45) is 17.8 Å². The highest BCUT2D eigenvalue weighted by Crippen LogP contribution is 2.37. The molecule has 65 heavy (non-hydrogen) atoms. The number of hydrogen-bond acceptors (Lipinski definition) is 14. The summed E-state index contributed by atoms with van der Waals surface area (Å²) >= 11 is 5.23. The molecule has 1 aliphatic heterocycles. The number of anilines is 1. The first-order valence-corrected chi connectivity index (χ1v) is 24.9. The van der Waals surface area contributed by atoms with E-state index in [1.807, 2.05) is 39.6 Å². The third kappa shape index (κ3) is 17.9. The number of amides is 4. The fourth-order valence-electron chi connectivity index (χ4n) is 7.56. The Labute approximate surface area is 390 Å². The first-order valence-electron chi connectivity index (χ1n) is 21.8. The lowest BCUT2D eigenvalue weighted by molar-refractivity contribution is -0.149. The van der Waals surface area contributed by atoms with Crippen molar-refractivity contribution in [1.29, 1.82) is 0 Å². The highest BCUT2D eigenvalue weighted by molar-refractivity contribution is 7.80. The molecule has 6 N–H and O–H groups in total. The lowest BCUT2D eigenvalue weighted by Crippen LogP contribution is -2.58. The van der Waals surface area contributed by atoms with E-state index in [-0.39, 0.29) is 78.4 Å². The Morgan fingerprint density at radius 3 is 2.38 bits per heavy atom. The Morgan fingerprint density at radius 1 is 1.08 bits per heavy atom. The summed E-state index contributed by atoms with van der Waals surface area (Å²) in [4.78, 5) is 105. The zero-order valence-corrected chi connectivity index (χ0v) is 41.1. The summed E-state index contributed by atoms with van der Waals surface area (Å²) in [5.74, 6) is -3.85. The largest absolute Gasteiger partial charge is 0.481 e. The summed E-state index contributed by atoms with van der Waals surface area (Å²) < 4.78 is 26.8. The predicted octanol–water partition coefficient (Wildman–Crippen LogP) is 5.18. The van der Waals surface area contributed by atoms with Gasteiger partial charge in [-0.15, -0.1) is 11.3 Å². The molecule has 1 aromatic heterocycles. The van der Waals surface area contributed by atoms with E-state index in [1.165, 1.54) is 25.3 Å². The number of likely N-dealkylation sites (tertiary alicyclic amines) is 1. The zero-order chi connectivity index (χ0) is 48.6. The van der Waals surface area contributed by atoms with Gasteiger partial charge in [0.2, 0.25) is 17.7 Å². The number of hydrogen-bond donors (Lipinski definition) is 7. The van der Waals surface area contributed by atoms with Crippen LogP contribution in [0.5, 0.6) is 5.75 Å². The van der Waals surface area contributed by atoms with Crippen LogP contribution in [0.25, 0.3) is 0 Å². The number of carboxylic acid groups (broad SMARTS) is 1. The average molecular weight is 971 g/mol. The lowest BCUT2D eigenvalue weighted by Gasteiger charge is -2.38. The van der Waals surface area contributed by atoms with Crippen molar-refractivity contribution in [2.45, 2.75) is 130 Å². The number of aromatic nitrogens is 1. The van der Waals surface area contributed by atoms with Gasteiger partial charge >= 0.3 is 19.8 Å². The summed E-state index contributed by atoms with van der Waals surface area (Å²) in [5, 5.41) is 20.2. The van der Waals surface area contributed by atoms with E-state index in [9.17, 15) is 38.4 Å². The van der Waals surface area contributed by atoms with E-state index in [2.05, 4.69) is 38.1 Å². The second-order valence-electron chi connectivity index (χ2n) is 17.0. The van der Waals surface area contributed by atoms with Gasteiger partial charge in [-0.05, 0) is 81.0 Å². The van der Waals surface area contributed by atoms with Gasteiger partial charge in [-0.1, -0.05) is 53.5 Å². The van der Waals surface area contributed by atoms with Crippen molar-refractivity contribution in [3.63, 3.8) is 0 Å². The van der Waals surface area contributed by atoms with Gasteiger partial charge in [0.05, 0.1) is 17.6 Å². The van der Waals surface area contributed by atoms with Crippen LogP contribution in [0.2, 0.25) is 0 Å². The van der Waals surface area contributed by atoms with Crippen LogP contribution in [-0.2, 0) is 44.2 Å². The number of ether oxygens (including phenoxy) is 2. The fraction of sp³-hybridized carbons (Fsp3) is 0.651. The summed E-state index contributed by atoms with van der Waals surface area (Å²) in [6.07, 6.45) is 3.15. The topological polar surface area (TPSA) is 263 Å². The minimum absolute atomic E-state index is 0.00195. The van der Waals surface area contributed by atoms with Crippen molar-refractivity contribution >= 4 is 73.0 Å². The summed E-state index contributed by atoms with van der Waals surface area (Å²) in [7, 11) is -1.27. The molecule has 0 aliphatic carbocycles. The third-order valence-electron chi connectivity index (χ3n) is 11.5. The number of carbonyl (C=O) groups excluding carboxylic acids is 5. The Hall–Kier alpha value is -4.11. The van der Waals surface area contributed by atoms with Crippen LogP contribution >= 0.6 is 31.8 Å². The maximum Gasteiger partial charge on any atom is 0.472 e. The zero-order valence-electron chi connectivity index (χ0n) is 38.5. The normalized spacial score (nSPS) is 17.2. The molecule has 4 amide bonds. The average Bonchev–Trinajstić information content (AvgIpc) is 3.73. The van der Waals surface area contributed by atoms with Crippen LogP contribution in [0, 0.1) is 17.8 Å². The van der Waals surface area contributed by atoms with E-state index >= 15 is 0 Å². The summed E-state index contributed by atoms with van der Waals surface area (Å²) in [5.41, 5.74) is 0.681. The van der Waals surface area contributed by atoms with Crippen molar-refractivity contribution in [3.8, 4) is 5.75 Å². The first-order chi connectivity index (χ1) is 30.5. The molecule has 3 rings (SSSR count). The molecule has 0 spiro atoms. The Kier molecular flexibility index (Phi) is 22.3. The molecule has 7 atom stereocenters. The summed E-state index contributed by atoms with van der Waals surface area (Å²) in [6.45, 7) is 10.5. The molecule has 3 unspecified atom stereocenters. The van der Waals surface area contributed by atoms with Gasteiger partial charge in [0, 0.05) is 44.3 Å². The number of thiol groups is 1. The first kappa shape index (κ1) is 55.2. The number of aliphatic carboxylic acids is 1. The number of piperidine rings is 1. The number of carbonyl (C=O) groups is 6. The number of esters is 1. The number of phosphoric ester groups is 1. The molecule has 1 saturated heterocycles. The standard InChI is InChI=1S/C43H67N6O13PS2/c1-9-26(4)38(47-40(53)33-13-10-11-17-48(33)7)42(54)49(8)34(25(2)3)22-36(62-28(6)50)41-46-32(23-65-41)39(52)44-30(19-27(5)43(55)56)20-29-15-16-35(60-24-61-63(57,58)59)31(21-29)45-37(51)14-12-18-64/h15-16,21,23,25-27,30,33-34,36,38,64H,9-14,17-20,22,24H2,1-8H3,(H,44,52)(H,45,51)(H,47,53)(H,55,56)(H2,57,58,59)/t26-,27?,30+,33?,34+,36+,38?/m0/s1. The van der Waals surface area contributed by atoms with Gasteiger partial charge < -0.3 is 45.2 Å². The SMILES string of the molecule is CC[C@H](C)C(NC(=O)C1CCCCN1C)C(=O)N(C)[C@H](C[C@@H](OC(C)=O)c1nc(C(=O)N[C@@H](Cc2ccc(OCOP(=O)(O)O)c(NC(=O)CCCS)c2)CC(C)C(=O)O)cs1)C(C)C. The minimum Gasteiger partial charge on any atom is -0.481 e. The summed E-state index contributed by atoms with van der Waals surface area (Å²) in [6, 6.07) is 2.21. The molecule has 1 aliphatic rings. The smallest absolute Gasteiger partial charge is 0.472 e. The van der Waals surface area contributed by atoms with E-state index in [4.69, 9.17) is 19.3 Å². The monoisotopic (exact) mass is 970 g/mol. The van der Waals surface area contributed by atoms with Crippen LogP contribution in [0.4, 0.5) is 5.69 Å². The Morgan fingerprint density at radius 2 is 1.78 bits per heavy atom. The van der Waals surface area contributed by atoms with Crippen LogP contribution in [0.1, 0.15) is 120 Å². The van der Waals surface area contributed by atoms with Crippen LogP contribution < -0.4 is 20.7 Å². The van der Waals surface area contributed by atoms with Gasteiger partial charge in [0.1, 0.15) is 22.5 Å². The minimum atomic E-state index is -4.86. The van der Waals surface area contributed by atoms with Crippen molar-refractivity contribution in [2.75, 3.05) is 38.5 Å². The van der Waals surface area contributed by atoms with Crippen LogP contribution in [-0.4, -0.2) is 123 Å². The molecule has 1 fully saturated rings. The highest BCUT2D eigenvalue weighted by atomic mass is 32.1. The van der Waals surface area contributed by atoms with Crippen molar-refractivity contribution < 1.29 is 62.2 Å². The van der Waals surface area contributed by atoms with Gasteiger partial charge in [-0.3, -0.25) is 33.7 Å². The highest BCUT2D eigenvalue weighted by Gasteiger charge is 2.37. The number of nitrogens with one attached hydrogen (secondary N) is 3. The van der Waals surface area contributed by atoms with Gasteiger partial charge in [-0.25, -0.2) is 14.1 Å². The second kappa shape index (κ2) is 26.3. The molecule has 0 saturated carbocycles. The predicted molar refractivity (Wildman–Crippen MR) is 247 cm³/mol. The number of likely N-dealkylation sites (N-methyl/N-ethyl adjacent to an activating group) is 2. The molecule has 2 heterocycles. The number of benzene rings is 1. The quantitative estimate of drug-likeness (QED) is 0.0277. The molecule has 0 radical (unpaired) electrons. The van der Waals surface area contributed by atoms with Crippen LogP contribution in [0.15, 0.2) is 23.6 Å². The fourth-order valence-corrected chi connectivity index (χ4v) is 8.75. The second-order valence-corrected chi connectivity index (χ2v) is 19.5. The lowest BCUT2D eigenvalue weighted by atomic mass is 9.92. The maximum atomic E-state index is 14.3. The van der Waals surface area contributed by atoms with Gasteiger partial charge in [0.25, 0.3) is 5.91 Å².